The predicted molar refractivity (Wildman–Crippen MR) is 71.8 cm³/mol. The van der Waals surface area contributed by atoms with Crippen LogP contribution < -0.4 is 5.73 Å². The standard InChI is InChI=1S/C14H20FN3/c1-3-6-11(16)14-17-13-10(15)7-5-8-12(13)18(14)9-4-2/h5,7-8,11H,3-4,6,9,16H2,1-2H3. The first-order valence-corrected chi connectivity index (χ1v) is 6.59. The van der Waals surface area contributed by atoms with E-state index in [1.807, 2.05) is 6.07 Å². The number of hydrogen-bond donors (Lipinski definition) is 1. The number of aryl methyl sites for hydroxylation is 1. The molecule has 0 spiro atoms. The number of fused-ring (bicyclic) bond motifs is 1. The third kappa shape index (κ3) is 2.25. The second kappa shape index (κ2) is 5.48. The van der Waals surface area contributed by atoms with Crippen molar-refractivity contribution in [1.82, 2.24) is 9.55 Å². The third-order valence-corrected chi connectivity index (χ3v) is 3.14. The molecule has 18 heavy (non-hydrogen) atoms. The highest BCUT2D eigenvalue weighted by molar-refractivity contribution is 5.76. The van der Waals surface area contributed by atoms with Crippen LogP contribution in [0.5, 0.6) is 0 Å². The first-order valence-electron chi connectivity index (χ1n) is 6.59. The van der Waals surface area contributed by atoms with E-state index in [1.54, 1.807) is 6.07 Å². The van der Waals surface area contributed by atoms with Gasteiger partial charge >= 0.3 is 0 Å². The van der Waals surface area contributed by atoms with Crippen molar-refractivity contribution in [2.75, 3.05) is 0 Å². The molecule has 98 valence electrons. The molecule has 0 aliphatic heterocycles. The smallest absolute Gasteiger partial charge is 0.151 e. The maximum absolute atomic E-state index is 13.8. The number of rotatable bonds is 5. The van der Waals surface area contributed by atoms with Crippen LogP contribution in [0, 0.1) is 5.82 Å². The van der Waals surface area contributed by atoms with Crippen molar-refractivity contribution >= 4 is 11.0 Å². The minimum atomic E-state index is -0.271. The molecule has 2 N–H and O–H groups in total. The second-order valence-electron chi connectivity index (χ2n) is 4.62. The number of para-hydroxylation sites is 1. The Balaban J connectivity index is 2.57. The monoisotopic (exact) mass is 249 g/mol. The van der Waals surface area contributed by atoms with Crippen molar-refractivity contribution in [2.24, 2.45) is 5.73 Å². The number of nitrogens with two attached hydrogens (primary N) is 1. The van der Waals surface area contributed by atoms with Crippen molar-refractivity contribution in [1.29, 1.82) is 0 Å². The molecule has 2 aromatic rings. The summed E-state index contributed by atoms with van der Waals surface area (Å²) in [6.07, 6.45) is 2.85. The van der Waals surface area contributed by atoms with Crippen LogP contribution in [0.3, 0.4) is 0 Å². The van der Waals surface area contributed by atoms with Gasteiger partial charge in [0.25, 0.3) is 0 Å². The predicted octanol–water partition coefficient (Wildman–Crippen LogP) is 3.39. The minimum Gasteiger partial charge on any atom is -0.327 e. The van der Waals surface area contributed by atoms with Gasteiger partial charge in [-0.25, -0.2) is 9.37 Å². The molecule has 4 heteroatoms. The van der Waals surface area contributed by atoms with Gasteiger partial charge in [0, 0.05) is 6.54 Å². The Labute approximate surface area is 107 Å². The number of hydrogen-bond acceptors (Lipinski definition) is 2. The Bertz CT molecular complexity index is 533. The molecule has 0 fully saturated rings. The van der Waals surface area contributed by atoms with Gasteiger partial charge in [0.05, 0.1) is 11.6 Å². The van der Waals surface area contributed by atoms with E-state index in [0.29, 0.717) is 5.52 Å². The topological polar surface area (TPSA) is 43.8 Å². The summed E-state index contributed by atoms with van der Waals surface area (Å²) in [4.78, 5) is 4.41. The lowest BCUT2D eigenvalue weighted by Crippen LogP contribution is -2.16. The molecule has 0 bridgehead atoms. The first-order chi connectivity index (χ1) is 8.69. The summed E-state index contributed by atoms with van der Waals surface area (Å²) in [6, 6.07) is 4.96. The third-order valence-electron chi connectivity index (χ3n) is 3.14. The van der Waals surface area contributed by atoms with Crippen LogP contribution in [0.15, 0.2) is 18.2 Å². The Hall–Kier alpha value is -1.42. The van der Waals surface area contributed by atoms with Crippen molar-refractivity contribution in [3.63, 3.8) is 0 Å². The quantitative estimate of drug-likeness (QED) is 0.882. The van der Waals surface area contributed by atoms with Crippen molar-refractivity contribution in [2.45, 2.75) is 45.7 Å². The molecule has 0 amide bonds. The lowest BCUT2D eigenvalue weighted by Gasteiger charge is -2.13. The Morgan fingerprint density at radius 1 is 1.33 bits per heavy atom. The highest BCUT2D eigenvalue weighted by Crippen LogP contribution is 2.24. The highest BCUT2D eigenvalue weighted by atomic mass is 19.1. The summed E-state index contributed by atoms with van der Waals surface area (Å²) in [6.45, 7) is 5.01. The number of benzene rings is 1. The molecular weight excluding hydrogens is 229 g/mol. The van der Waals surface area contributed by atoms with Crippen LogP contribution in [0.25, 0.3) is 11.0 Å². The normalized spacial score (nSPS) is 13.1. The van der Waals surface area contributed by atoms with Gasteiger partial charge in [0.2, 0.25) is 0 Å². The fraction of sp³-hybridized carbons (Fsp3) is 0.500. The molecule has 0 aliphatic carbocycles. The zero-order valence-corrected chi connectivity index (χ0v) is 11.0. The summed E-state index contributed by atoms with van der Waals surface area (Å²) < 4.78 is 15.8. The molecular formula is C14H20FN3. The van der Waals surface area contributed by atoms with Gasteiger partial charge in [-0.05, 0) is 25.0 Å². The van der Waals surface area contributed by atoms with E-state index in [0.717, 1.165) is 37.1 Å². The lowest BCUT2D eigenvalue weighted by atomic mass is 10.1. The zero-order chi connectivity index (χ0) is 13.1. The highest BCUT2D eigenvalue weighted by Gasteiger charge is 2.17. The first kappa shape index (κ1) is 13.0. The molecule has 0 saturated heterocycles. The molecule has 3 nitrogen and oxygen atoms in total. The summed E-state index contributed by atoms with van der Waals surface area (Å²) in [5, 5.41) is 0. The average molecular weight is 249 g/mol. The summed E-state index contributed by atoms with van der Waals surface area (Å²) in [5.41, 5.74) is 7.43. The Kier molecular flexibility index (Phi) is 3.97. The molecule has 0 radical (unpaired) electrons. The fourth-order valence-corrected chi connectivity index (χ4v) is 2.31. The van der Waals surface area contributed by atoms with Crippen LogP contribution in [0.1, 0.15) is 45.0 Å². The van der Waals surface area contributed by atoms with E-state index in [9.17, 15) is 4.39 Å². The van der Waals surface area contributed by atoms with E-state index in [4.69, 9.17) is 5.73 Å². The molecule has 1 aromatic carbocycles. The Morgan fingerprint density at radius 3 is 2.78 bits per heavy atom. The van der Waals surface area contributed by atoms with Crippen molar-refractivity contribution in [3.05, 3.63) is 29.8 Å². The van der Waals surface area contributed by atoms with E-state index < -0.39 is 0 Å². The van der Waals surface area contributed by atoms with Gasteiger partial charge in [-0.1, -0.05) is 26.3 Å². The van der Waals surface area contributed by atoms with E-state index >= 15 is 0 Å². The lowest BCUT2D eigenvalue weighted by molar-refractivity contribution is 0.551. The van der Waals surface area contributed by atoms with Gasteiger partial charge in [-0.2, -0.15) is 0 Å². The summed E-state index contributed by atoms with van der Waals surface area (Å²) in [5.74, 6) is 0.533. The molecule has 0 saturated carbocycles. The van der Waals surface area contributed by atoms with E-state index in [1.165, 1.54) is 6.07 Å². The van der Waals surface area contributed by atoms with Crippen LogP contribution in [0.4, 0.5) is 4.39 Å². The van der Waals surface area contributed by atoms with E-state index in [2.05, 4.69) is 23.4 Å². The molecule has 1 heterocycles. The van der Waals surface area contributed by atoms with Crippen LogP contribution >= 0.6 is 0 Å². The SMILES string of the molecule is CCCC(N)c1nc2c(F)cccc2n1CCC. The van der Waals surface area contributed by atoms with Crippen LogP contribution in [-0.2, 0) is 6.54 Å². The van der Waals surface area contributed by atoms with Crippen LogP contribution in [0.2, 0.25) is 0 Å². The number of halogens is 1. The second-order valence-corrected chi connectivity index (χ2v) is 4.62. The van der Waals surface area contributed by atoms with Gasteiger partial charge < -0.3 is 10.3 Å². The molecule has 2 rings (SSSR count). The van der Waals surface area contributed by atoms with Crippen molar-refractivity contribution in [3.8, 4) is 0 Å². The largest absolute Gasteiger partial charge is 0.327 e. The molecule has 1 aromatic heterocycles. The number of aromatic nitrogens is 2. The van der Waals surface area contributed by atoms with Gasteiger partial charge in [-0.3, -0.25) is 0 Å². The van der Waals surface area contributed by atoms with Gasteiger partial charge in [0.1, 0.15) is 11.3 Å². The van der Waals surface area contributed by atoms with Crippen molar-refractivity contribution < 1.29 is 4.39 Å². The summed E-state index contributed by atoms with van der Waals surface area (Å²) >= 11 is 0. The molecule has 0 aliphatic rings. The van der Waals surface area contributed by atoms with Gasteiger partial charge in [0.15, 0.2) is 5.82 Å². The zero-order valence-electron chi connectivity index (χ0n) is 11.0. The average Bonchev–Trinajstić information content (AvgIpc) is 2.71. The maximum Gasteiger partial charge on any atom is 0.151 e. The summed E-state index contributed by atoms with van der Waals surface area (Å²) in [7, 11) is 0. The minimum absolute atomic E-state index is 0.117. The fourth-order valence-electron chi connectivity index (χ4n) is 2.31. The van der Waals surface area contributed by atoms with Crippen LogP contribution in [-0.4, -0.2) is 9.55 Å². The molecule has 1 unspecified atom stereocenters. The number of nitrogens with zero attached hydrogens (tertiary/aromatic N) is 2. The maximum atomic E-state index is 13.8. The molecule has 1 atom stereocenters. The van der Waals surface area contributed by atoms with E-state index in [-0.39, 0.29) is 11.9 Å². The number of imidazole rings is 1. The Morgan fingerprint density at radius 2 is 2.11 bits per heavy atom. The van der Waals surface area contributed by atoms with Gasteiger partial charge in [-0.15, -0.1) is 0 Å².